The summed E-state index contributed by atoms with van der Waals surface area (Å²) < 4.78 is 6.36. The number of halogens is 1. The number of urea groups is 1. The van der Waals surface area contributed by atoms with E-state index in [1.165, 1.54) is 4.90 Å². The highest BCUT2D eigenvalue weighted by Crippen LogP contribution is 2.49. The SMILES string of the molecule is Cc1ccc(N2C(=O)N(C(=O)c3cccc(Cl)c3)[C@@H]3C[C@]2(C)Oc2ccccc23)cc1. The van der Waals surface area contributed by atoms with Crippen LogP contribution in [0.5, 0.6) is 5.75 Å². The maximum Gasteiger partial charge on any atom is 0.335 e. The molecule has 5 nitrogen and oxygen atoms in total. The fourth-order valence-corrected chi connectivity index (χ4v) is 4.66. The predicted molar refractivity (Wildman–Crippen MR) is 120 cm³/mol. The lowest BCUT2D eigenvalue weighted by Gasteiger charge is -2.53. The fourth-order valence-electron chi connectivity index (χ4n) is 4.47. The van der Waals surface area contributed by atoms with E-state index in [1.54, 1.807) is 29.2 Å². The summed E-state index contributed by atoms with van der Waals surface area (Å²) >= 11 is 6.13. The molecule has 2 aliphatic heterocycles. The van der Waals surface area contributed by atoms with Crippen LogP contribution in [0.25, 0.3) is 0 Å². The van der Waals surface area contributed by atoms with Gasteiger partial charge in [-0.05, 0) is 50.2 Å². The van der Waals surface area contributed by atoms with E-state index in [2.05, 4.69) is 0 Å². The van der Waals surface area contributed by atoms with Crippen molar-refractivity contribution in [3.05, 3.63) is 94.5 Å². The van der Waals surface area contributed by atoms with Gasteiger partial charge in [0.1, 0.15) is 5.75 Å². The molecule has 3 aromatic rings. The van der Waals surface area contributed by atoms with Crippen LogP contribution in [0.2, 0.25) is 5.02 Å². The molecule has 2 bridgehead atoms. The molecule has 2 atom stereocenters. The summed E-state index contributed by atoms with van der Waals surface area (Å²) in [6.07, 6.45) is 0.454. The van der Waals surface area contributed by atoms with Crippen molar-refractivity contribution in [3.63, 3.8) is 0 Å². The number of benzene rings is 3. The van der Waals surface area contributed by atoms with E-state index >= 15 is 0 Å². The lowest BCUT2D eigenvalue weighted by molar-refractivity contribution is 0.00268. The fraction of sp³-hybridized carbons (Fsp3) is 0.200. The van der Waals surface area contributed by atoms with Gasteiger partial charge in [-0.2, -0.15) is 0 Å². The molecule has 0 saturated carbocycles. The molecule has 0 spiro atoms. The molecule has 2 aliphatic rings. The van der Waals surface area contributed by atoms with Crippen LogP contribution < -0.4 is 9.64 Å². The van der Waals surface area contributed by atoms with Crippen LogP contribution in [0.3, 0.4) is 0 Å². The van der Waals surface area contributed by atoms with Crippen molar-refractivity contribution >= 4 is 29.2 Å². The van der Waals surface area contributed by atoms with Crippen LogP contribution in [-0.2, 0) is 0 Å². The molecule has 0 N–H and O–H groups in total. The second-order valence-electron chi connectivity index (χ2n) is 8.17. The third-order valence-corrected chi connectivity index (χ3v) is 6.18. The summed E-state index contributed by atoms with van der Waals surface area (Å²) in [5, 5.41) is 0.447. The van der Waals surface area contributed by atoms with Crippen molar-refractivity contribution in [2.24, 2.45) is 0 Å². The van der Waals surface area contributed by atoms with Crippen molar-refractivity contribution in [3.8, 4) is 5.75 Å². The average molecular weight is 433 g/mol. The number of para-hydroxylation sites is 1. The van der Waals surface area contributed by atoms with Gasteiger partial charge < -0.3 is 4.74 Å². The number of rotatable bonds is 2. The Morgan fingerprint density at radius 2 is 1.81 bits per heavy atom. The first kappa shape index (κ1) is 19.6. The monoisotopic (exact) mass is 432 g/mol. The van der Waals surface area contributed by atoms with E-state index in [0.717, 1.165) is 11.1 Å². The molecule has 2 heterocycles. The maximum absolute atomic E-state index is 13.9. The van der Waals surface area contributed by atoms with Crippen LogP contribution in [0, 0.1) is 6.92 Å². The molecule has 0 aliphatic carbocycles. The van der Waals surface area contributed by atoms with E-state index in [4.69, 9.17) is 16.3 Å². The molecule has 3 amide bonds. The summed E-state index contributed by atoms with van der Waals surface area (Å²) in [6.45, 7) is 3.89. The number of fused-ring (bicyclic) bond motifs is 4. The smallest absolute Gasteiger partial charge is 0.335 e. The van der Waals surface area contributed by atoms with Crippen LogP contribution >= 0.6 is 11.6 Å². The Bertz CT molecular complexity index is 1190. The highest BCUT2D eigenvalue weighted by atomic mass is 35.5. The topological polar surface area (TPSA) is 49.9 Å². The minimum atomic E-state index is -0.920. The van der Waals surface area contributed by atoms with Gasteiger partial charge in [-0.25, -0.2) is 4.79 Å². The Labute approximate surface area is 185 Å². The Morgan fingerprint density at radius 3 is 2.55 bits per heavy atom. The van der Waals surface area contributed by atoms with E-state index in [9.17, 15) is 9.59 Å². The predicted octanol–water partition coefficient (Wildman–Crippen LogP) is 5.97. The van der Waals surface area contributed by atoms with E-state index < -0.39 is 17.8 Å². The van der Waals surface area contributed by atoms with E-state index in [1.807, 2.05) is 62.4 Å². The normalized spacial score (nSPS) is 22.0. The number of carbonyl (C=O) groups excluding carboxylic acids is 2. The Kier molecular flexibility index (Phi) is 4.52. The number of carbonyl (C=O) groups is 2. The average Bonchev–Trinajstić information content (AvgIpc) is 2.74. The number of aryl methyl sites for hydroxylation is 1. The van der Waals surface area contributed by atoms with Gasteiger partial charge in [-0.1, -0.05) is 53.6 Å². The Hall–Kier alpha value is -3.31. The molecule has 31 heavy (non-hydrogen) atoms. The van der Waals surface area contributed by atoms with Crippen LogP contribution in [0.1, 0.15) is 40.9 Å². The standard InChI is InChI=1S/C25H21ClN2O3/c1-16-10-12-19(13-11-16)28-24(30)27(23(29)17-6-5-7-18(26)14-17)21-15-25(28,2)31-22-9-4-3-8-20(21)22/h3-14,21H,15H2,1-2H3/t21-,25+/m1/s1. The molecule has 156 valence electrons. The number of hydrogen-bond acceptors (Lipinski definition) is 3. The van der Waals surface area contributed by atoms with Gasteiger partial charge in [0.05, 0.1) is 6.04 Å². The third kappa shape index (κ3) is 3.17. The first-order valence-corrected chi connectivity index (χ1v) is 10.5. The summed E-state index contributed by atoms with van der Waals surface area (Å²) in [7, 11) is 0. The zero-order chi connectivity index (χ0) is 21.8. The van der Waals surface area contributed by atoms with E-state index in [-0.39, 0.29) is 5.91 Å². The molecule has 1 saturated heterocycles. The van der Waals surface area contributed by atoms with Crippen molar-refractivity contribution in [2.75, 3.05) is 4.90 Å². The van der Waals surface area contributed by atoms with Crippen molar-refractivity contribution in [1.29, 1.82) is 0 Å². The Morgan fingerprint density at radius 1 is 1.06 bits per heavy atom. The zero-order valence-corrected chi connectivity index (χ0v) is 18.0. The zero-order valence-electron chi connectivity index (χ0n) is 17.2. The van der Waals surface area contributed by atoms with Gasteiger partial charge in [0.15, 0.2) is 5.72 Å². The second kappa shape index (κ2) is 7.13. The quantitative estimate of drug-likeness (QED) is 0.501. The third-order valence-electron chi connectivity index (χ3n) is 5.94. The van der Waals surface area contributed by atoms with Gasteiger partial charge in [0.2, 0.25) is 0 Å². The number of imide groups is 1. The molecule has 0 aromatic heterocycles. The summed E-state index contributed by atoms with van der Waals surface area (Å²) in [5.74, 6) is 0.295. The highest BCUT2D eigenvalue weighted by molar-refractivity contribution is 6.31. The van der Waals surface area contributed by atoms with Gasteiger partial charge in [0.25, 0.3) is 5.91 Å². The second-order valence-corrected chi connectivity index (χ2v) is 8.61. The molecule has 0 unspecified atom stereocenters. The molecule has 6 heteroatoms. The summed E-state index contributed by atoms with van der Waals surface area (Å²) in [5.41, 5.74) is 2.04. The van der Waals surface area contributed by atoms with Gasteiger partial charge in [-0.15, -0.1) is 0 Å². The molecular weight excluding hydrogens is 412 g/mol. The lowest BCUT2D eigenvalue weighted by Crippen LogP contribution is -2.67. The Balaban J connectivity index is 1.67. The number of amides is 3. The van der Waals surface area contributed by atoms with Crippen LogP contribution in [-0.4, -0.2) is 22.6 Å². The first-order valence-electron chi connectivity index (χ1n) is 10.2. The first-order chi connectivity index (χ1) is 14.9. The summed E-state index contributed by atoms with van der Waals surface area (Å²) in [4.78, 5) is 30.4. The molecule has 1 fully saturated rings. The summed E-state index contributed by atoms with van der Waals surface area (Å²) in [6, 6.07) is 21.1. The molecule has 5 rings (SSSR count). The lowest BCUT2D eigenvalue weighted by atomic mass is 9.88. The number of ether oxygens (including phenoxy) is 1. The van der Waals surface area contributed by atoms with Crippen molar-refractivity contribution in [1.82, 2.24) is 4.90 Å². The highest BCUT2D eigenvalue weighted by Gasteiger charge is 2.55. The van der Waals surface area contributed by atoms with Gasteiger partial charge in [0, 0.05) is 28.3 Å². The minimum absolute atomic E-state index is 0.372. The van der Waals surface area contributed by atoms with Crippen LogP contribution in [0.15, 0.2) is 72.8 Å². The van der Waals surface area contributed by atoms with Crippen molar-refractivity contribution in [2.45, 2.75) is 32.0 Å². The van der Waals surface area contributed by atoms with E-state index in [0.29, 0.717) is 28.4 Å². The van der Waals surface area contributed by atoms with Gasteiger partial charge in [-0.3, -0.25) is 14.6 Å². The van der Waals surface area contributed by atoms with Crippen molar-refractivity contribution < 1.29 is 14.3 Å². The largest absolute Gasteiger partial charge is 0.467 e. The number of nitrogens with zero attached hydrogens (tertiary/aromatic N) is 2. The molecule has 3 aromatic carbocycles. The van der Waals surface area contributed by atoms with Crippen LogP contribution in [0.4, 0.5) is 10.5 Å². The number of anilines is 1. The maximum atomic E-state index is 13.9. The molecular formula is C25H21ClN2O3. The van der Waals surface area contributed by atoms with Gasteiger partial charge >= 0.3 is 6.03 Å². The number of hydrogen-bond donors (Lipinski definition) is 0. The molecule has 0 radical (unpaired) electrons. The minimum Gasteiger partial charge on any atom is -0.467 e.